The molecular formula is C22H25FO4. The van der Waals surface area contributed by atoms with Gasteiger partial charge in [-0.25, -0.2) is 9.18 Å². The number of benzene rings is 2. The maximum atomic E-state index is 14.2. The Balaban J connectivity index is 1.99. The van der Waals surface area contributed by atoms with Gasteiger partial charge in [0.25, 0.3) is 0 Å². The third-order valence-electron chi connectivity index (χ3n) is 3.95. The molecule has 0 atom stereocenters. The summed E-state index contributed by atoms with van der Waals surface area (Å²) in [5.74, 6) is -0.953. The van der Waals surface area contributed by atoms with Gasteiger partial charge >= 0.3 is 5.97 Å². The average Bonchev–Trinajstić information content (AvgIpc) is 2.63. The topological polar surface area (TPSA) is 52.6 Å². The van der Waals surface area contributed by atoms with Crippen molar-refractivity contribution in [3.05, 3.63) is 53.8 Å². The van der Waals surface area contributed by atoms with Crippen LogP contribution in [0, 0.1) is 5.82 Å². The van der Waals surface area contributed by atoms with Gasteiger partial charge in [0, 0.05) is 12.0 Å². The molecule has 2 rings (SSSR count). The molecule has 0 fully saturated rings. The third-order valence-corrected chi connectivity index (χ3v) is 3.95. The van der Waals surface area contributed by atoms with Gasteiger partial charge in [-0.1, -0.05) is 24.3 Å². The molecule has 2 aromatic rings. The molecule has 0 aromatic heterocycles. The summed E-state index contributed by atoms with van der Waals surface area (Å²) in [4.78, 5) is 22.9. The van der Waals surface area contributed by atoms with Gasteiger partial charge in [-0.05, 0) is 62.9 Å². The molecule has 5 heteroatoms. The fraction of sp³-hybridized carbons (Fsp3) is 0.364. The first-order chi connectivity index (χ1) is 12.9. The zero-order valence-corrected chi connectivity index (χ0v) is 16.0. The van der Waals surface area contributed by atoms with Crippen molar-refractivity contribution >= 4 is 11.8 Å². The summed E-state index contributed by atoms with van der Waals surface area (Å²) in [6.07, 6.45) is 1.39. The normalized spacial score (nSPS) is 10.7. The molecule has 0 N–H and O–H groups in total. The second kappa shape index (κ2) is 9.86. The van der Waals surface area contributed by atoms with Gasteiger partial charge in [0.1, 0.15) is 11.6 Å². The van der Waals surface area contributed by atoms with Crippen LogP contribution >= 0.6 is 0 Å². The lowest BCUT2D eigenvalue weighted by atomic mass is 10.0. The molecule has 144 valence electrons. The Morgan fingerprint density at radius 2 is 1.78 bits per heavy atom. The van der Waals surface area contributed by atoms with Crippen molar-refractivity contribution in [2.45, 2.75) is 46.1 Å². The number of halogens is 1. The standard InChI is InChI=1S/C22H25FO4/c1-4-26-22(25)21(24)7-5-6-16-8-10-17(11-9-16)19-14-18(27-15(2)3)12-13-20(19)23/h8-15H,4-7H2,1-3H3. The second-order valence-electron chi connectivity index (χ2n) is 6.50. The summed E-state index contributed by atoms with van der Waals surface area (Å²) in [7, 11) is 0. The minimum atomic E-state index is -0.771. The van der Waals surface area contributed by atoms with Crippen molar-refractivity contribution < 1.29 is 23.5 Å². The van der Waals surface area contributed by atoms with Crippen LogP contribution in [-0.4, -0.2) is 24.5 Å². The highest BCUT2D eigenvalue weighted by atomic mass is 19.1. The molecule has 0 saturated carbocycles. The Kier molecular flexibility index (Phi) is 7.53. The van der Waals surface area contributed by atoms with E-state index in [-0.39, 0.29) is 24.9 Å². The monoisotopic (exact) mass is 372 g/mol. The smallest absolute Gasteiger partial charge is 0.374 e. The number of aryl methyl sites for hydroxylation is 1. The minimum absolute atomic E-state index is 0.0167. The number of rotatable bonds is 9. The highest BCUT2D eigenvalue weighted by molar-refractivity contribution is 6.33. The van der Waals surface area contributed by atoms with Crippen molar-refractivity contribution in [1.82, 2.24) is 0 Å². The SMILES string of the molecule is CCOC(=O)C(=O)CCCc1ccc(-c2cc(OC(C)C)ccc2F)cc1. The van der Waals surface area contributed by atoms with E-state index in [4.69, 9.17) is 4.74 Å². The third kappa shape index (κ3) is 6.20. The average molecular weight is 372 g/mol. The van der Waals surface area contributed by atoms with Crippen molar-refractivity contribution in [3.63, 3.8) is 0 Å². The number of hydrogen-bond acceptors (Lipinski definition) is 4. The van der Waals surface area contributed by atoms with Gasteiger partial charge < -0.3 is 9.47 Å². The van der Waals surface area contributed by atoms with Crippen molar-refractivity contribution in [2.75, 3.05) is 6.61 Å². The largest absolute Gasteiger partial charge is 0.491 e. The molecule has 0 heterocycles. The second-order valence-corrected chi connectivity index (χ2v) is 6.50. The minimum Gasteiger partial charge on any atom is -0.491 e. The lowest BCUT2D eigenvalue weighted by Crippen LogP contribution is -2.17. The molecule has 4 nitrogen and oxygen atoms in total. The van der Waals surface area contributed by atoms with Crippen LogP contribution < -0.4 is 4.74 Å². The first-order valence-electron chi connectivity index (χ1n) is 9.16. The Morgan fingerprint density at radius 3 is 2.41 bits per heavy atom. The fourth-order valence-electron chi connectivity index (χ4n) is 2.69. The zero-order valence-electron chi connectivity index (χ0n) is 16.0. The van der Waals surface area contributed by atoms with Gasteiger partial charge in [0.2, 0.25) is 5.78 Å². The summed E-state index contributed by atoms with van der Waals surface area (Å²) < 4.78 is 24.5. The summed E-state index contributed by atoms with van der Waals surface area (Å²) >= 11 is 0. The number of carbonyl (C=O) groups excluding carboxylic acids is 2. The van der Waals surface area contributed by atoms with E-state index in [1.54, 1.807) is 19.1 Å². The van der Waals surface area contributed by atoms with Crippen LogP contribution in [0.4, 0.5) is 4.39 Å². The molecule has 0 aliphatic heterocycles. The number of ether oxygens (including phenoxy) is 2. The van der Waals surface area contributed by atoms with Gasteiger partial charge in [0.15, 0.2) is 0 Å². The quantitative estimate of drug-likeness (QED) is 0.471. The maximum absolute atomic E-state index is 14.2. The van der Waals surface area contributed by atoms with Gasteiger partial charge in [-0.15, -0.1) is 0 Å². The van der Waals surface area contributed by atoms with E-state index >= 15 is 0 Å². The number of hydrogen-bond donors (Lipinski definition) is 0. The maximum Gasteiger partial charge on any atom is 0.374 e. The Hall–Kier alpha value is -2.69. The molecule has 0 saturated heterocycles. The van der Waals surface area contributed by atoms with E-state index in [0.717, 1.165) is 11.1 Å². The lowest BCUT2D eigenvalue weighted by Gasteiger charge is -2.12. The van der Waals surface area contributed by atoms with Gasteiger partial charge in [-0.3, -0.25) is 4.79 Å². The molecule has 0 unspecified atom stereocenters. The first kappa shape index (κ1) is 20.6. The Labute approximate surface area is 159 Å². The predicted molar refractivity (Wildman–Crippen MR) is 102 cm³/mol. The van der Waals surface area contributed by atoms with Crippen LogP contribution in [0.5, 0.6) is 5.75 Å². The summed E-state index contributed by atoms with van der Waals surface area (Å²) in [6.45, 7) is 5.71. The van der Waals surface area contributed by atoms with Crippen molar-refractivity contribution in [3.8, 4) is 16.9 Å². The number of Topliss-reactive ketones (excluding diaryl/α,β-unsaturated/α-hetero) is 1. The first-order valence-corrected chi connectivity index (χ1v) is 9.16. The van der Waals surface area contributed by atoms with Gasteiger partial charge in [-0.2, -0.15) is 0 Å². The van der Waals surface area contributed by atoms with Crippen LogP contribution in [0.2, 0.25) is 0 Å². The Morgan fingerprint density at radius 1 is 1.07 bits per heavy atom. The molecule has 27 heavy (non-hydrogen) atoms. The van der Waals surface area contributed by atoms with E-state index in [1.807, 2.05) is 38.1 Å². The zero-order chi connectivity index (χ0) is 19.8. The number of carbonyl (C=O) groups is 2. The van der Waals surface area contributed by atoms with Crippen LogP contribution in [0.25, 0.3) is 11.1 Å². The van der Waals surface area contributed by atoms with E-state index in [0.29, 0.717) is 24.2 Å². The predicted octanol–water partition coefficient (Wildman–Crippen LogP) is 4.73. The van der Waals surface area contributed by atoms with E-state index in [1.165, 1.54) is 6.07 Å². The molecule has 0 spiro atoms. The Bertz CT molecular complexity index is 781. The number of esters is 1. The molecule has 0 aliphatic rings. The van der Waals surface area contributed by atoms with Crippen molar-refractivity contribution in [2.24, 2.45) is 0 Å². The van der Waals surface area contributed by atoms with E-state index < -0.39 is 11.8 Å². The van der Waals surface area contributed by atoms with Crippen LogP contribution in [0.3, 0.4) is 0 Å². The molecule has 0 radical (unpaired) electrons. The lowest BCUT2D eigenvalue weighted by molar-refractivity contribution is -0.153. The van der Waals surface area contributed by atoms with Crippen LogP contribution in [0.1, 0.15) is 39.2 Å². The van der Waals surface area contributed by atoms with Crippen LogP contribution in [-0.2, 0) is 20.7 Å². The molecule has 0 amide bonds. The molecule has 0 aliphatic carbocycles. The summed E-state index contributed by atoms with van der Waals surface area (Å²) in [6, 6.07) is 12.2. The fourth-order valence-corrected chi connectivity index (χ4v) is 2.69. The molecular weight excluding hydrogens is 347 g/mol. The molecule has 0 bridgehead atoms. The highest BCUT2D eigenvalue weighted by Gasteiger charge is 2.14. The van der Waals surface area contributed by atoms with E-state index in [2.05, 4.69) is 4.74 Å². The van der Waals surface area contributed by atoms with E-state index in [9.17, 15) is 14.0 Å². The number of ketones is 1. The summed E-state index contributed by atoms with van der Waals surface area (Å²) in [5.41, 5.74) is 2.26. The highest BCUT2D eigenvalue weighted by Crippen LogP contribution is 2.28. The summed E-state index contributed by atoms with van der Waals surface area (Å²) in [5, 5.41) is 0. The molecule has 2 aromatic carbocycles. The van der Waals surface area contributed by atoms with Crippen LogP contribution in [0.15, 0.2) is 42.5 Å². The van der Waals surface area contributed by atoms with Gasteiger partial charge in [0.05, 0.1) is 12.7 Å². The van der Waals surface area contributed by atoms with Crippen molar-refractivity contribution in [1.29, 1.82) is 0 Å².